The zero-order valence-electron chi connectivity index (χ0n) is 26.1. The van der Waals surface area contributed by atoms with Crippen LogP contribution in [0.15, 0.2) is 91.3 Å². The molecule has 1 atom stereocenters. The van der Waals surface area contributed by atoms with Crippen molar-refractivity contribution in [2.75, 3.05) is 20.7 Å². The Morgan fingerprint density at radius 3 is 2.50 bits per heavy atom. The van der Waals surface area contributed by atoms with Gasteiger partial charge in [0.25, 0.3) is 5.91 Å². The topological polar surface area (TPSA) is 119 Å². The minimum Gasteiger partial charge on any atom is -0.497 e. The van der Waals surface area contributed by atoms with Crippen LogP contribution >= 0.6 is 11.6 Å². The smallest absolute Gasteiger partial charge is 0.251 e. The lowest BCUT2D eigenvalue weighted by Crippen LogP contribution is -2.43. The molecule has 0 saturated carbocycles. The van der Waals surface area contributed by atoms with Crippen molar-refractivity contribution in [1.29, 1.82) is 0 Å². The number of fused-ring (bicyclic) bond motifs is 1. The molecular formula is C36H30ClFN6O4. The van der Waals surface area contributed by atoms with Gasteiger partial charge in [0.1, 0.15) is 18.1 Å². The molecule has 0 spiro atoms. The third kappa shape index (κ3) is 6.45. The maximum atomic E-state index is 15.3. The highest BCUT2D eigenvalue weighted by molar-refractivity contribution is 6.31. The number of ether oxygens (including phenoxy) is 1. The molecule has 48 heavy (non-hydrogen) atoms. The van der Waals surface area contributed by atoms with Crippen LogP contribution in [0.1, 0.15) is 38.7 Å². The highest BCUT2D eigenvalue weighted by Crippen LogP contribution is 2.38. The summed E-state index contributed by atoms with van der Waals surface area (Å²) in [4.78, 5) is 41.8. The van der Waals surface area contributed by atoms with Gasteiger partial charge in [0, 0.05) is 37.2 Å². The molecule has 0 bridgehead atoms. The van der Waals surface area contributed by atoms with E-state index in [1.54, 1.807) is 44.5 Å². The lowest BCUT2D eigenvalue weighted by molar-refractivity contribution is -0.136. The normalized spacial score (nSPS) is 14.1. The van der Waals surface area contributed by atoms with E-state index in [0.717, 1.165) is 22.3 Å². The zero-order chi connectivity index (χ0) is 33.8. The summed E-state index contributed by atoms with van der Waals surface area (Å²) in [6, 6.07) is 22.2. The van der Waals surface area contributed by atoms with Gasteiger partial charge in [-0.3, -0.25) is 14.4 Å². The molecule has 6 rings (SSSR count). The predicted molar refractivity (Wildman–Crippen MR) is 178 cm³/mol. The molecule has 4 aromatic carbocycles. The summed E-state index contributed by atoms with van der Waals surface area (Å²) in [6.45, 7) is 0.237. The fourth-order valence-corrected chi connectivity index (χ4v) is 6.11. The minimum atomic E-state index is -0.915. The van der Waals surface area contributed by atoms with E-state index in [0.29, 0.717) is 23.3 Å². The average Bonchev–Trinajstić information content (AvgIpc) is 3.66. The Balaban J connectivity index is 1.38. The molecule has 2 amide bonds. The highest BCUT2D eigenvalue weighted by atomic mass is 35.5. The molecule has 1 aromatic heterocycles. The fourth-order valence-electron chi connectivity index (χ4n) is 5.95. The number of nitrogens with one attached hydrogen (secondary N) is 1. The monoisotopic (exact) mass is 664 g/mol. The van der Waals surface area contributed by atoms with Gasteiger partial charge in [-0.05, 0) is 87.1 Å². The SMILES string of the molecule is CNC(=O)c1ccc(-c2cccc3c2CCN(C(=O)/C=C/c2c(-n4cnnn4)ccc(Cl)c2F)C3C(=O)Cc2ccc(OC)cc2)cc1. The second-order valence-electron chi connectivity index (χ2n) is 11.1. The lowest BCUT2D eigenvalue weighted by atomic mass is 9.83. The van der Waals surface area contributed by atoms with Gasteiger partial charge < -0.3 is 15.0 Å². The number of aromatic nitrogens is 4. The zero-order valence-corrected chi connectivity index (χ0v) is 26.8. The minimum absolute atomic E-state index is 0.0177. The van der Waals surface area contributed by atoms with Crippen LogP contribution in [0.2, 0.25) is 5.02 Å². The Morgan fingerprint density at radius 1 is 1.04 bits per heavy atom. The van der Waals surface area contributed by atoms with Crippen LogP contribution in [-0.2, 0) is 22.4 Å². The molecular weight excluding hydrogens is 635 g/mol. The third-order valence-electron chi connectivity index (χ3n) is 8.33. The van der Waals surface area contributed by atoms with E-state index in [-0.39, 0.29) is 40.9 Å². The molecule has 5 aromatic rings. The molecule has 0 radical (unpaired) electrons. The molecule has 1 unspecified atom stereocenters. The van der Waals surface area contributed by atoms with Crippen molar-refractivity contribution in [3.63, 3.8) is 0 Å². The first-order valence-electron chi connectivity index (χ1n) is 15.1. The average molecular weight is 665 g/mol. The van der Waals surface area contributed by atoms with E-state index in [1.807, 2.05) is 42.5 Å². The van der Waals surface area contributed by atoms with E-state index in [2.05, 4.69) is 20.8 Å². The van der Waals surface area contributed by atoms with Crippen LogP contribution in [0, 0.1) is 5.82 Å². The van der Waals surface area contributed by atoms with Crippen LogP contribution in [0.3, 0.4) is 0 Å². The van der Waals surface area contributed by atoms with E-state index in [4.69, 9.17) is 16.3 Å². The number of rotatable bonds is 9. The lowest BCUT2D eigenvalue weighted by Gasteiger charge is -2.37. The number of methoxy groups -OCH3 is 1. The number of carbonyl (C=O) groups is 3. The van der Waals surface area contributed by atoms with Crippen molar-refractivity contribution >= 4 is 35.3 Å². The standard InChI is InChI=1S/C36H30ClFN6O4/c1-39-36(47)24-10-8-23(9-11-24)26-4-3-5-28-27(26)18-19-43(35(28)32(45)20-22-6-12-25(48-2)13-7-22)33(46)17-14-29-31(44-21-40-41-42-44)16-15-30(37)34(29)38/h3-17,21,35H,18-20H2,1-2H3,(H,39,47)/b17-14+. The van der Waals surface area contributed by atoms with E-state index < -0.39 is 17.8 Å². The van der Waals surface area contributed by atoms with Crippen molar-refractivity contribution < 1.29 is 23.5 Å². The number of hydrogen-bond donors (Lipinski definition) is 1. The molecule has 1 aliphatic rings. The van der Waals surface area contributed by atoms with E-state index in [1.165, 1.54) is 34.1 Å². The quantitative estimate of drug-likeness (QED) is 0.209. The first-order chi connectivity index (χ1) is 23.3. The summed E-state index contributed by atoms with van der Waals surface area (Å²) in [6.07, 6.45) is 4.41. The van der Waals surface area contributed by atoms with Crippen LogP contribution in [0.4, 0.5) is 4.39 Å². The summed E-state index contributed by atoms with van der Waals surface area (Å²) in [7, 11) is 3.15. The Kier molecular flexibility index (Phi) is 9.40. The van der Waals surface area contributed by atoms with Crippen LogP contribution in [0.25, 0.3) is 22.9 Å². The first-order valence-corrected chi connectivity index (χ1v) is 15.5. The first kappa shape index (κ1) is 32.3. The van der Waals surface area contributed by atoms with Crippen molar-refractivity contribution in [2.45, 2.75) is 18.9 Å². The fraction of sp³-hybridized carbons (Fsp3) is 0.167. The molecule has 0 fully saturated rings. The third-order valence-corrected chi connectivity index (χ3v) is 8.62. The molecule has 12 heteroatoms. The van der Waals surface area contributed by atoms with E-state index in [9.17, 15) is 14.4 Å². The molecule has 242 valence electrons. The molecule has 2 heterocycles. The van der Waals surface area contributed by atoms with Gasteiger partial charge in [-0.15, -0.1) is 5.10 Å². The van der Waals surface area contributed by atoms with Gasteiger partial charge >= 0.3 is 0 Å². The van der Waals surface area contributed by atoms with Gasteiger partial charge in [0.2, 0.25) is 5.91 Å². The second-order valence-corrected chi connectivity index (χ2v) is 11.5. The van der Waals surface area contributed by atoms with Gasteiger partial charge in [-0.1, -0.05) is 54.1 Å². The summed E-state index contributed by atoms with van der Waals surface area (Å²) >= 11 is 6.09. The Bertz CT molecular complexity index is 2010. The Labute approximate surface area is 280 Å². The Hall–Kier alpha value is -5.68. The molecule has 1 aliphatic heterocycles. The Morgan fingerprint density at radius 2 is 1.81 bits per heavy atom. The van der Waals surface area contributed by atoms with E-state index >= 15 is 4.39 Å². The molecule has 1 N–H and O–H groups in total. The largest absolute Gasteiger partial charge is 0.497 e. The maximum Gasteiger partial charge on any atom is 0.251 e. The summed E-state index contributed by atoms with van der Waals surface area (Å²) in [5.74, 6) is -0.922. The number of halogens is 2. The molecule has 0 aliphatic carbocycles. The second kappa shape index (κ2) is 14.0. The van der Waals surface area contributed by atoms with Gasteiger partial charge in [-0.2, -0.15) is 4.68 Å². The summed E-state index contributed by atoms with van der Waals surface area (Å²) in [5.41, 5.74) is 5.04. The number of tetrazole rings is 1. The number of ketones is 1. The van der Waals surface area contributed by atoms with Crippen molar-refractivity contribution in [2.24, 2.45) is 0 Å². The van der Waals surface area contributed by atoms with Crippen molar-refractivity contribution in [1.82, 2.24) is 30.4 Å². The summed E-state index contributed by atoms with van der Waals surface area (Å²) in [5, 5.41) is 13.6. The number of hydrogen-bond acceptors (Lipinski definition) is 7. The number of nitrogens with zero attached hydrogens (tertiary/aromatic N) is 5. The van der Waals surface area contributed by atoms with Crippen LogP contribution in [-0.4, -0.2) is 63.4 Å². The number of Topliss-reactive ketones (excluding diaryl/α,β-unsaturated/α-hetero) is 1. The van der Waals surface area contributed by atoms with Gasteiger partial charge in [0.05, 0.1) is 17.8 Å². The number of amides is 2. The van der Waals surface area contributed by atoms with Gasteiger partial charge in [-0.25, -0.2) is 4.39 Å². The molecule has 0 saturated heterocycles. The number of carbonyl (C=O) groups excluding carboxylic acids is 3. The van der Waals surface area contributed by atoms with Crippen molar-refractivity contribution in [3.05, 3.63) is 130 Å². The van der Waals surface area contributed by atoms with Gasteiger partial charge in [0.15, 0.2) is 11.6 Å². The maximum absolute atomic E-state index is 15.3. The van der Waals surface area contributed by atoms with Crippen molar-refractivity contribution in [3.8, 4) is 22.6 Å². The number of benzene rings is 4. The summed E-state index contributed by atoms with van der Waals surface area (Å²) < 4.78 is 21.8. The van der Waals surface area contributed by atoms with Crippen LogP contribution in [0.5, 0.6) is 5.75 Å². The predicted octanol–water partition coefficient (Wildman–Crippen LogP) is 5.44. The van der Waals surface area contributed by atoms with Crippen LogP contribution < -0.4 is 10.1 Å². The molecule has 10 nitrogen and oxygen atoms in total. The highest BCUT2D eigenvalue weighted by Gasteiger charge is 2.36.